The third-order valence-electron chi connectivity index (χ3n) is 2.87. The first-order valence-corrected chi connectivity index (χ1v) is 5.43. The van der Waals surface area contributed by atoms with E-state index in [0.29, 0.717) is 0 Å². The lowest BCUT2D eigenvalue weighted by molar-refractivity contribution is -0.147. The highest BCUT2D eigenvalue weighted by atomic mass is 16.5. The SMILES string of the molecule is CC(=O)OC1CCCc2cc(C)ccc21. The van der Waals surface area contributed by atoms with Crippen LogP contribution in [0.25, 0.3) is 0 Å². The number of ether oxygens (including phenoxy) is 1. The molecule has 0 bridgehead atoms. The number of fused-ring (bicyclic) bond motifs is 1. The molecule has 0 saturated heterocycles. The summed E-state index contributed by atoms with van der Waals surface area (Å²) in [4.78, 5) is 11.0. The van der Waals surface area contributed by atoms with E-state index in [9.17, 15) is 4.79 Å². The molecule has 0 heterocycles. The van der Waals surface area contributed by atoms with Gasteiger partial charge in [-0.1, -0.05) is 23.8 Å². The standard InChI is InChI=1S/C13H16O2/c1-9-6-7-12-11(8-9)4-3-5-13(12)15-10(2)14/h6-8,13H,3-5H2,1-2H3. The van der Waals surface area contributed by atoms with Crippen molar-refractivity contribution in [2.24, 2.45) is 0 Å². The van der Waals surface area contributed by atoms with Crippen LogP contribution in [0.1, 0.15) is 42.6 Å². The minimum absolute atomic E-state index is 0.0214. The Hall–Kier alpha value is -1.31. The third kappa shape index (κ3) is 2.20. The maximum Gasteiger partial charge on any atom is 0.303 e. The van der Waals surface area contributed by atoms with Crippen LogP contribution in [0, 0.1) is 6.92 Å². The lowest BCUT2D eigenvalue weighted by atomic mass is 9.88. The maximum atomic E-state index is 11.0. The van der Waals surface area contributed by atoms with Crippen molar-refractivity contribution in [1.82, 2.24) is 0 Å². The maximum absolute atomic E-state index is 11.0. The van der Waals surface area contributed by atoms with Crippen molar-refractivity contribution in [2.75, 3.05) is 0 Å². The first-order valence-electron chi connectivity index (χ1n) is 5.43. The molecule has 0 fully saturated rings. The van der Waals surface area contributed by atoms with Gasteiger partial charge < -0.3 is 4.74 Å². The van der Waals surface area contributed by atoms with Crippen molar-refractivity contribution in [3.05, 3.63) is 34.9 Å². The fourth-order valence-corrected chi connectivity index (χ4v) is 2.22. The van der Waals surface area contributed by atoms with Crippen molar-refractivity contribution in [2.45, 2.75) is 39.2 Å². The fourth-order valence-electron chi connectivity index (χ4n) is 2.22. The van der Waals surface area contributed by atoms with Gasteiger partial charge in [0.25, 0.3) is 0 Å². The van der Waals surface area contributed by atoms with Crippen molar-refractivity contribution < 1.29 is 9.53 Å². The number of esters is 1. The predicted octanol–water partition coefficient (Wildman–Crippen LogP) is 2.94. The smallest absolute Gasteiger partial charge is 0.303 e. The molecule has 2 nitrogen and oxygen atoms in total. The molecular formula is C13H16O2. The highest BCUT2D eigenvalue weighted by molar-refractivity contribution is 5.66. The Kier molecular flexibility index (Phi) is 2.76. The average molecular weight is 204 g/mol. The van der Waals surface area contributed by atoms with E-state index in [2.05, 4.69) is 25.1 Å². The molecule has 0 spiro atoms. The molecule has 1 atom stereocenters. The fraction of sp³-hybridized carbons (Fsp3) is 0.462. The molecule has 0 saturated carbocycles. The van der Waals surface area contributed by atoms with Gasteiger partial charge in [-0.05, 0) is 37.3 Å². The Morgan fingerprint density at radius 3 is 3.00 bits per heavy atom. The zero-order valence-corrected chi connectivity index (χ0v) is 9.25. The monoisotopic (exact) mass is 204 g/mol. The molecule has 15 heavy (non-hydrogen) atoms. The zero-order chi connectivity index (χ0) is 10.8. The number of aryl methyl sites for hydroxylation is 2. The second-order valence-electron chi connectivity index (χ2n) is 4.19. The molecule has 1 aliphatic rings. The predicted molar refractivity (Wildman–Crippen MR) is 58.6 cm³/mol. The van der Waals surface area contributed by atoms with Gasteiger partial charge in [0, 0.05) is 6.92 Å². The third-order valence-corrected chi connectivity index (χ3v) is 2.87. The highest BCUT2D eigenvalue weighted by Gasteiger charge is 2.22. The first-order chi connectivity index (χ1) is 7.16. The molecular weight excluding hydrogens is 188 g/mol. The Morgan fingerprint density at radius 1 is 1.47 bits per heavy atom. The van der Waals surface area contributed by atoms with Crippen LogP contribution in [0.2, 0.25) is 0 Å². The van der Waals surface area contributed by atoms with E-state index in [1.165, 1.54) is 23.6 Å². The summed E-state index contributed by atoms with van der Waals surface area (Å²) in [6.07, 6.45) is 3.14. The number of benzene rings is 1. The molecule has 2 heteroatoms. The molecule has 0 aliphatic heterocycles. The second kappa shape index (κ2) is 4.05. The molecule has 80 valence electrons. The van der Waals surface area contributed by atoms with Gasteiger partial charge in [0.1, 0.15) is 6.10 Å². The van der Waals surface area contributed by atoms with Gasteiger partial charge in [-0.3, -0.25) is 4.79 Å². The van der Waals surface area contributed by atoms with Crippen LogP contribution in [0.5, 0.6) is 0 Å². The van der Waals surface area contributed by atoms with Gasteiger partial charge in [0.15, 0.2) is 0 Å². The van der Waals surface area contributed by atoms with Gasteiger partial charge in [-0.25, -0.2) is 0 Å². The molecule has 1 aromatic rings. The van der Waals surface area contributed by atoms with Gasteiger partial charge in [-0.2, -0.15) is 0 Å². The zero-order valence-electron chi connectivity index (χ0n) is 9.25. The molecule has 1 aliphatic carbocycles. The average Bonchev–Trinajstić information content (AvgIpc) is 2.16. The summed E-state index contributed by atoms with van der Waals surface area (Å²) in [5, 5.41) is 0. The van der Waals surface area contributed by atoms with Crippen LogP contribution >= 0.6 is 0 Å². The second-order valence-corrected chi connectivity index (χ2v) is 4.19. The molecule has 0 radical (unpaired) electrons. The molecule has 0 N–H and O–H groups in total. The van der Waals surface area contributed by atoms with Gasteiger partial charge in [0.2, 0.25) is 0 Å². The summed E-state index contributed by atoms with van der Waals surface area (Å²) in [7, 11) is 0. The summed E-state index contributed by atoms with van der Waals surface area (Å²) >= 11 is 0. The number of hydrogen-bond donors (Lipinski definition) is 0. The first kappa shape index (κ1) is 10.2. The van der Waals surface area contributed by atoms with E-state index in [4.69, 9.17) is 4.74 Å². The minimum atomic E-state index is -0.187. The Labute approximate surface area is 90.3 Å². The van der Waals surface area contributed by atoms with E-state index < -0.39 is 0 Å². The lowest BCUT2D eigenvalue weighted by Gasteiger charge is -2.25. The Morgan fingerprint density at radius 2 is 2.27 bits per heavy atom. The van der Waals surface area contributed by atoms with Crippen molar-refractivity contribution in [1.29, 1.82) is 0 Å². The molecule has 1 aromatic carbocycles. The van der Waals surface area contributed by atoms with Crippen LogP contribution in [0.15, 0.2) is 18.2 Å². The normalized spacial score (nSPS) is 19.5. The summed E-state index contributed by atoms with van der Waals surface area (Å²) in [5.74, 6) is -0.187. The number of rotatable bonds is 1. The van der Waals surface area contributed by atoms with E-state index >= 15 is 0 Å². The van der Waals surface area contributed by atoms with Crippen LogP contribution in [0.3, 0.4) is 0 Å². The van der Waals surface area contributed by atoms with Gasteiger partial charge >= 0.3 is 5.97 Å². The number of carbonyl (C=O) groups excluding carboxylic acids is 1. The summed E-state index contributed by atoms with van der Waals surface area (Å²) < 4.78 is 5.32. The largest absolute Gasteiger partial charge is 0.458 e. The van der Waals surface area contributed by atoms with E-state index in [0.717, 1.165) is 19.3 Å². The topological polar surface area (TPSA) is 26.3 Å². The van der Waals surface area contributed by atoms with Gasteiger partial charge in [0.05, 0.1) is 0 Å². The number of carbonyl (C=O) groups is 1. The van der Waals surface area contributed by atoms with E-state index in [1.54, 1.807) is 0 Å². The molecule has 0 amide bonds. The molecule has 2 rings (SSSR count). The van der Waals surface area contributed by atoms with Crippen molar-refractivity contribution >= 4 is 5.97 Å². The molecule has 0 aromatic heterocycles. The summed E-state index contributed by atoms with van der Waals surface area (Å²) in [6, 6.07) is 6.38. The Balaban J connectivity index is 2.30. The van der Waals surface area contributed by atoms with Crippen LogP contribution in [-0.4, -0.2) is 5.97 Å². The summed E-state index contributed by atoms with van der Waals surface area (Å²) in [6.45, 7) is 3.57. The van der Waals surface area contributed by atoms with Crippen LogP contribution in [0.4, 0.5) is 0 Å². The number of hydrogen-bond acceptors (Lipinski definition) is 2. The van der Waals surface area contributed by atoms with E-state index in [1.807, 2.05) is 0 Å². The summed E-state index contributed by atoms with van der Waals surface area (Å²) in [5.41, 5.74) is 3.81. The van der Waals surface area contributed by atoms with Crippen LogP contribution < -0.4 is 0 Å². The molecule has 1 unspecified atom stereocenters. The Bertz CT molecular complexity index is 382. The lowest BCUT2D eigenvalue weighted by Crippen LogP contribution is -2.15. The van der Waals surface area contributed by atoms with Gasteiger partial charge in [-0.15, -0.1) is 0 Å². The van der Waals surface area contributed by atoms with E-state index in [-0.39, 0.29) is 12.1 Å². The minimum Gasteiger partial charge on any atom is -0.458 e. The van der Waals surface area contributed by atoms with Crippen molar-refractivity contribution in [3.8, 4) is 0 Å². The van der Waals surface area contributed by atoms with Crippen molar-refractivity contribution in [3.63, 3.8) is 0 Å². The quantitative estimate of drug-likeness (QED) is 0.657. The highest BCUT2D eigenvalue weighted by Crippen LogP contribution is 2.32. The van der Waals surface area contributed by atoms with Crippen LogP contribution in [-0.2, 0) is 16.0 Å².